The van der Waals surface area contributed by atoms with Crippen LogP contribution < -0.4 is 14.8 Å². The fourth-order valence-corrected chi connectivity index (χ4v) is 3.97. The normalized spacial score (nSPS) is 10.4. The lowest BCUT2D eigenvalue weighted by molar-refractivity contribution is -0.113. The lowest BCUT2D eigenvalue weighted by Gasteiger charge is -2.13. The summed E-state index contributed by atoms with van der Waals surface area (Å²) in [6, 6.07) is 21.9. The van der Waals surface area contributed by atoms with Crippen molar-refractivity contribution < 1.29 is 14.3 Å². The first-order valence-electron chi connectivity index (χ1n) is 9.36. The van der Waals surface area contributed by atoms with E-state index in [2.05, 4.69) is 5.32 Å². The van der Waals surface area contributed by atoms with Crippen molar-refractivity contribution in [1.82, 2.24) is 0 Å². The summed E-state index contributed by atoms with van der Waals surface area (Å²) in [7, 11) is 3.26. The first-order chi connectivity index (χ1) is 14.1. The molecule has 0 heterocycles. The van der Waals surface area contributed by atoms with E-state index in [4.69, 9.17) is 9.47 Å². The zero-order valence-corrected chi connectivity index (χ0v) is 17.7. The molecule has 1 N–H and O–H groups in total. The maximum atomic E-state index is 12.5. The van der Waals surface area contributed by atoms with Crippen molar-refractivity contribution in [2.75, 3.05) is 25.3 Å². The molecule has 0 aliphatic carbocycles. The molecular formula is C24H25NO3S. The molecule has 3 aromatic rings. The third kappa shape index (κ3) is 5.33. The molecule has 0 bridgehead atoms. The molecule has 0 radical (unpaired) electrons. The van der Waals surface area contributed by atoms with Gasteiger partial charge in [-0.05, 0) is 41.8 Å². The van der Waals surface area contributed by atoms with Crippen LogP contribution in [0.3, 0.4) is 0 Å². The predicted octanol–water partition coefficient (Wildman–Crippen LogP) is 5.55. The number of benzene rings is 3. The maximum absolute atomic E-state index is 12.5. The molecule has 0 atom stereocenters. The third-order valence-electron chi connectivity index (χ3n) is 4.62. The first-order valence-corrected chi connectivity index (χ1v) is 10.5. The summed E-state index contributed by atoms with van der Waals surface area (Å²) in [5, 5.41) is 3.05. The van der Waals surface area contributed by atoms with Crippen molar-refractivity contribution in [3.8, 4) is 22.6 Å². The van der Waals surface area contributed by atoms with Gasteiger partial charge in [0.05, 0.1) is 20.0 Å². The highest BCUT2D eigenvalue weighted by atomic mass is 32.2. The Kier molecular flexibility index (Phi) is 7.19. The minimum atomic E-state index is -0.0171. The van der Waals surface area contributed by atoms with Crippen LogP contribution in [0.4, 0.5) is 5.69 Å². The van der Waals surface area contributed by atoms with Crippen LogP contribution in [0.2, 0.25) is 0 Å². The zero-order chi connectivity index (χ0) is 20.6. The van der Waals surface area contributed by atoms with Crippen molar-refractivity contribution in [3.63, 3.8) is 0 Å². The summed E-state index contributed by atoms with van der Waals surface area (Å²) in [5.41, 5.74) is 5.17. The van der Waals surface area contributed by atoms with Crippen LogP contribution in [0, 0.1) is 6.92 Å². The van der Waals surface area contributed by atoms with Crippen molar-refractivity contribution >= 4 is 23.4 Å². The van der Waals surface area contributed by atoms with Gasteiger partial charge in [0, 0.05) is 17.0 Å². The largest absolute Gasteiger partial charge is 0.493 e. The number of amides is 1. The molecule has 0 aromatic heterocycles. The van der Waals surface area contributed by atoms with Gasteiger partial charge in [-0.15, -0.1) is 11.8 Å². The fraction of sp³-hybridized carbons (Fsp3) is 0.208. The first kappa shape index (κ1) is 20.8. The molecule has 0 aliphatic heterocycles. The number of hydrogen-bond acceptors (Lipinski definition) is 4. The number of nitrogens with one attached hydrogen (secondary N) is 1. The van der Waals surface area contributed by atoms with Crippen LogP contribution in [0.5, 0.6) is 11.5 Å². The summed E-state index contributed by atoms with van der Waals surface area (Å²) >= 11 is 1.57. The van der Waals surface area contributed by atoms with Gasteiger partial charge in [0.2, 0.25) is 5.91 Å². The molecule has 0 fully saturated rings. The number of methoxy groups -OCH3 is 2. The molecule has 1 amide bonds. The summed E-state index contributed by atoms with van der Waals surface area (Å²) in [6.45, 7) is 2.04. The zero-order valence-electron chi connectivity index (χ0n) is 16.9. The quantitative estimate of drug-likeness (QED) is 0.532. The molecule has 150 valence electrons. The van der Waals surface area contributed by atoms with Crippen LogP contribution in [0.15, 0.2) is 66.7 Å². The predicted molar refractivity (Wildman–Crippen MR) is 121 cm³/mol. The number of rotatable bonds is 8. The van der Waals surface area contributed by atoms with E-state index in [0.717, 1.165) is 33.7 Å². The number of para-hydroxylation sites is 1. The SMILES string of the molecule is COc1cc(C)c(CSCC(=O)Nc2ccccc2-c2ccccc2)cc1OC. The van der Waals surface area contributed by atoms with Crippen LogP contribution in [0.25, 0.3) is 11.1 Å². The number of thioether (sulfide) groups is 1. The fourth-order valence-electron chi connectivity index (χ4n) is 3.08. The van der Waals surface area contributed by atoms with Gasteiger partial charge in [0.15, 0.2) is 11.5 Å². The van der Waals surface area contributed by atoms with E-state index in [9.17, 15) is 4.79 Å². The highest BCUT2D eigenvalue weighted by Gasteiger charge is 2.11. The molecule has 3 rings (SSSR count). The van der Waals surface area contributed by atoms with Crippen LogP contribution >= 0.6 is 11.8 Å². The average Bonchev–Trinajstić information content (AvgIpc) is 2.75. The van der Waals surface area contributed by atoms with Gasteiger partial charge >= 0.3 is 0 Å². The molecule has 4 nitrogen and oxygen atoms in total. The molecule has 0 aliphatic rings. The second-order valence-corrected chi connectivity index (χ2v) is 7.57. The number of carbonyl (C=O) groups excluding carboxylic acids is 1. The van der Waals surface area contributed by atoms with E-state index in [-0.39, 0.29) is 5.91 Å². The minimum absolute atomic E-state index is 0.0171. The van der Waals surface area contributed by atoms with Crippen molar-refractivity contribution in [3.05, 3.63) is 77.9 Å². The van der Waals surface area contributed by atoms with E-state index in [0.29, 0.717) is 17.3 Å². The van der Waals surface area contributed by atoms with E-state index in [1.165, 1.54) is 0 Å². The van der Waals surface area contributed by atoms with E-state index < -0.39 is 0 Å². The number of anilines is 1. The van der Waals surface area contributed by atoms with Gasteiger partial charge in [-0.25, -0.2) is 0 Å². The van der Waals surface area contributed by atoms with Gasteiger partial charge in [-0.1, -0.05) is 48.5 Å². The van der Waals surface area contributed by atoms with Crippen LogP contribution in [-0.4, -0.2) is 25.9 Å². The Morgan fingerprint density at radius 1 is 0.931 bits per heavy atom. The Bertz CT molecular complexity index is 973. The van der Waals surface area contributed by atoms with Gasteiger partial charge in [-0.3, -0.25) is 4.79 Å². The van der Waals surface area contributed by atoms with Gasteiger partial charge in [0.25, 0.3) is 0 Å². The van der Waals surface area contributed by atoms with E-state index in [1.807, 2.05) is 73.7 Å². The van der Waals surface area contributed by atoms with Crippen molar-refractivity contribution in [2.24, 2.45) is 0 Å². The summed E-state index contributed by atoms with van der Waals surface area (Å²) < 4.78 is 10.7. The van der Waals surface area contributed by atoms with Crippen molar-refractivity contribution in [2.45, 2.75) is 12.7 Å². The van der Waals surface area contributed by atoms with Gasteiger partial charge < -0.3 is 14.8 Å². The maximum Gasteiger partial charge on any atom is 0.234 e. The molecule has 5 heteroatoms. The lowest BCUT2D eigenvalue weighted by Crippen LogP contribution is -2.14. The molecule has 0 spiro atoms. The summed E-state index contributed by atoms with van der Waals surface area (Å²) in [4.78, 5) is 12.5. The lowest BCUT2D eigenvalue weighted by atomic mass is 10.0. The number of carbonyl (C=O) groups is 1. The molecular weight excluding hydrogens is 382 g/mol. The Balaban J connectivity index is 1.62. The average molecular weight is 408 g/mol. The second-order valence-electron chi connectivity index (χ2n) is 6.59. The molecule has 0 saturated carbocycles. The summed E-state index contributed by atoms with van der Waals surface area (Å²) in [5.74, 6) is 2.50. The minimum Gasteiger partial charge on any atom is -0.493 e. The molecule has 0 unspecified atom stereocenters. The second kappa shape index (κ2) is 10.0. The topological polar surface area (TPSA) is 47.6 Å². The Labute approximate surface area is 176 Å². The third-order valence-corrected chi connectivity index (χ3v) is 5.60. The van der Waals surface area contributed by atoms with E-state index in [1.54, 1.807) is 26.0 Å². The highest BCUT2D eigenvalue weighted by molar-refractivity contribution is 7.99. The monoisotopic (exact) mass is 407 g/mol. The van der Waals surface area contributed by atoms with Crippen LogP contribution in [-0.2, 0) is 10.5 Å². The number of ether oxygens (including phenoxy) is 2. The highest BCUT2D eigenvalue weighted by Crippen LogP contribution is 2.32. The Morgan fingerprint density at radius 3 is 2.31 bits per heavy atom. The molecule has 3 aromatic carbocycles. The summed E-state index contributed by atoms with van der Waals surface area (Å²) in [6.07, 6.45) is 0. The van der Waals surface area contributed by atoms with Gasteiger partial charge in [0.1, 0.15) is 0 Å². The van der Waals surface area contributed by atoms with Gasteiger partial charge in [-0.2, -0.15) is 0 Å². The smallest absolute Gasteiger partial charge is 0.234 e. The number of hydrogen-bond donors (Lipinski definition) is 1. The molecule has 29 heavy (non-hydrogen) atoms. The Morgan fingerprint density at radius 2 is 1.59 bits per heavy atom. The number of aryl methyl sites for hydroxylation is 1. The van der Waals surface area contributed by atoms with Crippen LogP contribution in [0.1, 0.15) is 11.1 Å². The Hall–Kier alpha value is -2.92. The standard InChI is InChI=1S/C24H25NO3S/c1-17-13-22(27-2)23(28-3)14-19(17)15-29-16-24(26)25-21-12-8-7-11-20(21)18-9-5-4-6-10-18/h4-14H,15-16H2,1-3H3,(H,25,26). The molecule has 0 saturated heterocycles. The van der Waals surface area contributed by atoms with E-state index >= 15 is 0 Å². The van der Waals surface area contributed by atoms with Crippen molar-refractivity contribution in [1.29, 1.82) is 0 Å².